The van der Waals surface area contributed by atoms with Crippen LogP contribution in [0.1, 0.15) is 23.5 Å². The maximum Gasteiger partial charge on any atom is 0.416 e. The molecular weight excluding hydrogens is 358 g/mol. The Morgan fingerprint density at radius 2 is 1.77 bits per heavy atom. The number of nitrogens with zero attached hydrogens (tertiary/aromatic N) is 1. The third-order valence-corrected chi connectivity index (χ3v) is 4.59. The van der Waals surface area contributed by atoms with Crippen molar-refractivity contribution in [2.45, 2.75) is 18.5 Å². The molecule has 0 N–H and O–H groups in total. The summed E-state index contributed by atoms with van der Waals surface area (Å²) in [6.07, 6.45) is -2.83. The Bertz CT molecular complexity index is 648. The summed E-state index contributed by atoms with van der Waals surface area (Å²) < 4.78 is 40.2. The van der Waals surface area contributed by atoms with Crippen molar-refractivity contribution in [3.05, 3.63) is 50.5 Å². The molecule has 1 aliphatic carbocycles. The second-order valence-electron chi connectivity index (χ2n) is 5.21. The molecule has 1 nitrogen and oxygen atoms in total. The molecule has 1 atom stereocenters. The highest BCUT2D eigenvalue weighted by atomic mass is 35.5. The fourth-order valence-electron chi connectivity index (χ4n) is 2.33. The summed E-state index contributed by atoms with van der Waals surface area (Å²) in [4.78, 5) is 1.61. The summed E-state index contributed by atoms with van der Waals surface area (Å²) >= 11 is 18.0. The Hall–Kier alpha value is -0.840. The van der Waals surface area contributed by atoms with Gasteiger partial charge in [-0.3, -0.25) is 0 Å². The molecule has 0 aromatic heterocycles. The molecule has 0 saturated heterocycles. The van der Waals surface area contributed by atoms with Crippen LogP contribution in [0.5, 0.6) is 0 Å². The van der Waals surface area contributed by atoms with Crippen molar-refractivity contribution in [1.29, 1.82) is 0 Å². The van der Waals surface area contributed by atoms with E-state index in [4.69, 9.17) is 34.8 Å². The summed E-state index contributed by atoms with van der Waals surface area (Å²) in [7, 11) is 3.36. The largest absolute Gasteiger partial charge is 0.416 e. The quantitative estimate of drug-likeness (QED) is 0.610. The van der Waals surface area contributed by atoms with E-state index < -0.39 is 17.7 Å². The first kappa shape index (κ1) is 17.5. The Morgan fingerprint density at radius 1 is 1.14 bits per heavy atom. The fraction of sp³-hybridized carbons (Fsp3) is 0.333. The number of halogens is 6. The zero-order valence-electron chi connectivity index (χ0n) is 11.8. The van der Waals surface area contributed by atoms with E-state index >= 15 is 0 Å². The lowest BCUT2D eigenvalue weighted by Crippen LogP contribution is -2.16. The van der Waals surface area contributed by atoms with E-state index in [9.17, 15) is 13.2 Å². The number of hydrogen-bond donors (Lipinski definition) is 0. The van der Waals surface area contributed by atoms with Crippen LogP contribution in [0, 0.1) is 0 Å². The van der Waals surface area contributed by atoms with E-state index in [0.29, 0.717) is 10.7 Å². The third kappa shape index (κ3) is 3.55. The summed E-state index contributed by atoms with van der Waals surface area (Å²) in [6, 6.07) is 4.17. The molecule has 0 spiro atoms. The second kappa shape index (κ2) is 6.34. The van der Waals surface area contributed by atoms with Crippen LogP contribution in [-0.2, 0) is 6.18 Å². The maximum absolute atomic E-state index is 13.4. The number of hydrogen-bond acceptors (Lipinski definition) is 1. The molecule has 2 rings (SSSR count). The molecule has 7 heteroatoms. The fourth-order valence-corrected chi connectivity index (χ4v) is 3.17. The Morgan fingerprint density at radius 3 is 2.32 bits per heavy atom. The monoisotopic (exact) mass is 369 g/mol. The highest BCUT2D eigenvalue weighted by Gasteiger charge is 2.37. The van der Waals surface area contributed by atoms with Gasteiger partial charge in [-0.05, 0) is 30.2 Å². The van der Waals surface area contributed by atoms with Crippen molar-refractivity contribution in [2.24, 2.45) is 0 Å². The average molecular weight is 371 g/mol. The van der Waals surface area contributed by atoms with Crippen LogP contribution >= 0.6 is 34.8 Å². The molecule has 1 unspecified atom stereocenters. The number of rotatable bonds is 2. The van der Waals surface area contributed by atoms with Gasteiger partial charge in [-0.2, -0.15) is 13.2 Å². The number of alkyl halides is 3. The molecule has 0 bridgehead atoms. The topological polar surface area (TPSA) is 3.24 Å². The van der Waals surface area contributed by atoms with Crippen molar-refractivity contribution in [3.63, 3.8) is 0 Å². The van der Waals surface area contributed by atoms with Gasteiger partial charge in [0.25, 0.3) is 0 Å². The van der Waals surface area contributed by atoms with E-state index in [2.05, 4.69) is 0 Å². The van der Waals surface area contributed by atoms with E-state index in [1.807, 2.05) is 0 Å². The summed E-state index contributed by atoms with van der Waals surface area (Å²) in [5.41, 5.74) is -0.190. The minimum atomic E-state index is -4.49. The van der Waals surface area contributed by atoms with Gasteiger partial charge in [0.1, 0.15) is 0 Å². The van der Waals surface area contributed by atoms with Gasteiger partial charge in [-0.1, -0.05) is 40.9 Å². The van der Waals surface area contributed by atoms with Gasteiger partial charge in [0, 0.05) is 35.8 Å². The maximum atomic E-state index is 13.4. The first-order valence-corrected chi connectivity index (χ1v) is 7.54. The Kier molecular flexibility index (Phi) is 5.05. The molecule has 0 amide bonds. The molecule has 120 valence electrons. The predicted octanol–water partition coefficient (Wildman–Crippen LogP) is 6.07. The number of anilines is 1. The Labute approximate surface area is 141 Å². The van der Waals surface area contributed by atoms with Gasteiger partial charge in [-0.25, -0.2) is 0 Å². The molecule has 0 saturated carbocycles. The lowest BCUT2D eigenvalue weighted by molar-refractivity contribution is -0.138. The van der Waals surface area contributed by atoms with Crippen LogP contribution in [-0.4, -0.2) is 14.1 Å². The van der Waals surface area contributed by atoms with Gasteiger partial charge in [0.05, 0.1) is 10.6 Å². The van der Waals surface area contributed by atoms with Crippen LogP contribution in [0.4, 0.5) is 18.9 Å². The van der Waals surface area contributed by atoms with Gasteiger partial charge in [-0.15, -0.1) is 0 Å². The van der Waals surface area contributed by atoms with Crippen LogP contribution in [0.15, 0.2) is 39.4 Å². The van der Waals surface area contributed by atoms with Crippen LogP contribution in [0.3, 0.4) is 0 Å². The van der Waals surface area contributed by atoms with Crippen molar-refractivity contribution < 1.29 is 13.2 Å². The predicted molar refractivity (Wildman–Crippen MR) is 85.8 cm³/mol. The van der Waals surface area contributed by atoms with E-state index in [1.54, 1.807) is 25.1 Å². The van der Waals surface area contributed by atoms with Gasteiger partial charge < -0.3 is 4.90 Å². The second-order valence-corrected chi connectivity index (χ2v) is 6.51. The third-order valence-electron chi connectivity index (χ3n) is 3.45. The minimum Gasteiger partial charge on any atom is -0.378 e. The van der Waals surface area contributed by atoms with Crippen LogP contribution in [0.25, 0.3) is 0 Å². The van der Waals surface area contributed by atoms with Crippen molar-refractivity contribution in [1.82, 2.24) is 0 Å². The molecule has 1 aliphatic rings. The molecule has 0 heterocycles. The molecule has 0 radical (unpaired) electrons. The normalized spacial score (nSPS) is 19.3. The van der Waals surface area contributed by atoms with Crippen molar-refractivity contribution in [3.8, 4) is 0 Å². The zero-order chi connectivity index (χ0) is 16.7. The SMILES string of the molecule is CN(C)c1ccc(C2CC(Cl)=CC(Cl)=C2Cl)c(C(F)(F)F)c1. The summed E-state index contributed by atoms with van der Waals surface area (Å²) in [5, 5.41) is 0.728. The zero-order valence-corrected chi connectivity index (χ0v) is 14.1. The first-order valence-electron chi connectivity index (χ1n) is 6.41. The van der Waals surface area contributed by atoms with E-state index in [-0.39, 0.29) is 22.0 Å². The first-order chi connectivity index (χ1) is 10.1. The highest BCUT2D eigenvalue weighted by Crippen LogP contribution is 2.46. The number of benzene rings is 1. The molecule has 0 fully saturated rings. The highest BCUT2D eigenvalue weighted by molar-refractivity contribution is 6.42. The van der Waals surface area contributed by atoms with Gasteiger partial charge in [0.2, 0.25) is 0 Å². The van der Waals surface area contributed by atoms with Crippen molar-refractivity contribution in [2.75, 3.05) is 19.0 Å². The Balaban J connectivity index is 2.59. The van der Waals surface area contributed by atoms with Crippen LogP contribution in [0.2, 0.25) is 0 Å². The summed E-state index contributed by atoms with van der Waals surface area (Å²) in [6.45, 7) is 0. The van der Waals surface area contributed by atoms with Crippen molar-refractivity contribution >= 4 is 40.5 Å². The lowest BCUT2D eigenvalue weighted by Gasteiger charge is -2.26. The molecular formula is C15H13Cl3F3N. The number of allylic oxidation sites excluding steroid dienone is 4. The van der Waals surface area contributed by atoms with Gasteiger partial charge in [0.15, 0.2) is 0 Å². The van der Waals surface area contributed by atoms with Gasteiger partial charge >= 0.3 is 6.18 Å². The summed E-state index contributed by atoms with van der Waals surface area (Å²) in [5.74, 6) is -0.695. The minimum absolute atomic E-state index is 0.0764. The van der Waals surface area contributed by atoms with E-state index in [0.717, 1.165) is 6.07 Å². The lowest BCUT2D eigenvalue weighted by atomic mass is 9.88. The molecule has 1 aromatic rings. The molecule has 22 heavy (non-hydrogen) atoms. The average Bonchev–Trinajstić information content (AvgIpc) is 2.41. The molecule has 1 aromatic carbocycles. The van der Waals surface area contributed by atoms with Crippen LogP contribution < -0.4 is 4.90 Å². The smallest absolute Gasteiger partial charge is 0.378 e. The van der Waals surface area contributed by atoms with E-state index in [1.165, 1.54) is 12.1 Å². The molecule has 0 aliphatic heterocycles. The standard InChI is InChI=1S/C15H13Cl3F3N/c1-22(2)9-3-4-10(12(7-9)15(19,20)21)11-5-8(16)6-13(17)14(11)18/h3-4,6-7,11H,5H2,1-2H3.